The van der Waals surface area contributed by atoms with Gasteiger partial charge in [0.1, 0.15) is 5.70 Å². The summed E-state index contributed by atoms with van der Waals surface area (Å²) in [6.07, 6.45) is 3.18. The molecule has 1 saturated carbocycles. The van der Waals surface area contributed by atoms with Crippen molar-refractivity contribution in [3.05, 3.63) is 45.8 Å². The van der Waals surface area contributed by atoms with E-state index in [1.54, 1.807) is 0 Å². The van der Waals surface area contributed by atoms with Crippen molar-refractivity contribution in [2.24, 2.45) is 0 Å². The van der Waals surface area contributed by atoms with E-state index in [0.29, 0.717) is 0 Å². The first-order valence-electron chi connectivity index (χ1n) is 4.18. The van der Waals surface area contributed by atoms with Gasteiger partial charge in [0, 0.05) is 12.1 Å². The Morgan fingerprint density at radius 2 is 2.21 bits per heavy atom. The van der Waals surface area contributed by atoms with Gasteiger partial charge in [-0.15, -0.1) is 0 Å². The first-order chi connectivity index (χ1) is 6.56. The molecule has 1 aliphatic rings. The van der Waals surface area contributed by atoms with Crippen LogP contribution in [0.3, 0.4) is 0 Å². The van der Waals surface area contributed by atoms with Crippen LogP contribution in [0, 0.1) is 10.1 Å². The number of nitrogens with zero attached hydrogens (tertiary/aromatic N) is 1. The third-order valence-corrected chi connectivity index (χ3v) is 2.03. The molecule has 0 bridgehead atoms. The number of nitro groups is 1. The van der Waals surface area contributed by atoms with E-state index in [2.05, 4.69) is 18.5 Å². The number of rotatable bonds is 5. The molecule has 14 heavy (non-hydrogen) atoms. The van der Waals surface area contributed by atoms with E-state index in [0.717, 1.165) is 18.9 Å². The van der Waals surface area contributed by atoms with Crippen molar-refractivity contribution in [2.45, 2.75) is 18.9 Å². The maximum atomic E-state index is 10.6. The monoisotopic (exact) mass is 214 g/mol. The Morgan fingerprint density at radius 1 is 1.64 bits per heavy atom. The van der Waals surface area contributed by atoms with Gasteiger partial charge in [-0.3, -0.25) is 10.1 Å². The van der Waals surface area contributed by atoms with Crippen LogP contribution in [-0.2, 0) is 0 Å². The Kier molecular flexibility index (Phi) is 3.30. The fraction of sp³-hybridized carbons (Fsp3) is 0.333. The quantitative estimate of drug-likeness (QED) is 0.434. The number of allylic oxidation sites excluding steroid dienone is 2. The highest BCUT2D eigenvalue weighted by atomic mass is 35.5. The molecule has 4 nitrogen and oxygen atoms in total. The lowest BCUT2D eigenvalue weighted by atomic mass is 10.3. The fourth-order valence-electron chi connectivity index (χ4n) is 0.991. The molecule has 1 rings (SSSR count). The summed E-state index contributed by atoms with van der Waals surface area (Å²) < 4.78 is 0. The Balaban J connectivity index is 2.95. The van der Waals surface area contributed by atoms with Crippen molar-refractivity contribution in [1.82, 2.24) is 5.32 Å². The van der Waals surface area contributed by atoms with Crippen molar-refractivity contribution in [3.8, 4) is 0 Å². The van der Waals surface area contributed by atoms with Crippen LogP contribution in [0.2, 0.25) is 0 Å². The summed E-state index contributed by atoms with van der Waals surface area (Å²) in [5.41, 5.74) is 0.145. The second-order valence-electron chi connectivity index (χ2n) is 3.04. The predicted octanol–water partition coefficient (Wildman–Crippen LogP) is 2.17. The zero-order valence-electron chi connectivity index (χ0n) is 7.62. The second-order valence-corrected chi connectivity index (χ2v) is 3.50. The maximum absolute atomic E-state index is 10.6. The normalized spacial score (nSPS) is 16.9. The van der Waals surface area contributed by atoms with E-state index >= 15 is 0 Å². The van der Waals surface area contributed by atoms with Gasteiger partial charge in [-0.1, -0.05) is 24.8 Å². The molecule has 0 aromatic carbocycles. The van der Waals surface area contributed by atoms with Gasteiger partial charge in [0.15, 0.2) is 0 Å². The highest BCUT2D eigenvalue weighted by Crippen LogP contribution is 2.25. The van der Waals surface area contributed by atoms with Crippen LogP contribution in [0.1, 0.15) is 12.8 Å². The van der Waals surface area contributed by atoms with Crippen molar-refractivity contribution in [2.75, 3.05) is 0 Å². The number of nitrogens with one attached hydrogen (secondary N) is 1. The molecule has 0 amide bonds. The second kappa shape index (κ2) is 4.28. The molecule has 0 unspecified atom stereocenters. The maximum Gasteiger partial charge on any atom is 0.293 e. The van der Waals surface area contributed by atoms with E-state index in [-0.39, 0.29) is 22.5 Å². The third kappa shape index (κ3) is 2.60. The zero-order chi connectivity index (χ0) is 10.7. The summed E-state index contributed by atoms with van der Waals surface area (Å²) in [5, 5.41) is 13.7. The van der Waals surface area contributed by atoms with Gasteiger partial charge in [-0.2, -0.15) is 0 Å². The van der Waals surface area contributed by atoms with Crippen molar-refractivity contribution >= 4 is 11.6 Å². The van der Waals surface area contributed by atoms with Gasteiger partial charge in [-0.05, 0) is 12.8 Å². The lowest BCUT2D eigenvalue weighted by molar-refractivity contribution is -0.420. The van der Waals surface area contributed by atoms with Gasteiger partial charge >= 0.3 is 0 Å². The smallest absolute Gasteiger partial charge is 0.293 e. The topological polar surface area (TPSA) is 55.2 Å². The molecule has 1 aliphatic carbocycles. The van der Waals surface area contributed by atoms with E-state index in [4.69, 9.17) is 11.6 Å². The molecule has 1 fully saturated rings. The van der Waals surface area contributed by atoms with Crippen molar-refractivity contribution in [3.63, 3.8) is 0 Å². The Hall–Kier alpha value is -1.29. The Bertz CT molecular complexity index is 319. The molecular formula is C9H11ClN2O2. The van der Waals surface area contributed by atoms with Crippen LogP contribution in [0.5, 0.6) is 0 Å². The van der Waals surface area contributed by atoms with Crippen LogP contribution in [0.25, 0.3) is 0 Å². The minimum Gasteiger partial charge on any atom is -0.376 e. The highest BCUT2D eigenvalue weighted by molar-refractivity contribution is 6.31. The first-order valence-corrected chi connectivity index (χ1v) is 4.56. The fourth-order valence-corrected chi connectivity index (χ4v) is 1.14. The van der Waals surface area contributed by atoms with Crippen molar-refractivity contribution in [1.29, 1.82) is 0 Å². The third-order valence-electron chi connectivity index (χ3n) is 1.84. The lowest BCUT2D eigenvalue weighted by Crippen LogP contribution is -2.19. The molecule has 0 spiro atoms. The van der Waals surface area contributed by atoms with E-state index in [9.17, 15) is 10.1 Å². The van der Waals surface area contributed by atoms with Gasteiger partial charge in [-0.25, -0.2) is 0 Å². The van der Waals surface area contributed by atoms with Gasteiger partial charge in [0.25, 0.3) is 5.70 Å². The van der Waals surface area contributed by atoms with E-state index in [1.807, 2.05) is 0 Å². The van der Waals surface area contributed by atoms with Crippen LogP contribution < -0.4 is 5.32 Å². The van der Waals surface area contributed by atoms with Crippen LogP contribution in [0.15, 0.2) is 35.7 Å². The Morgan fingerprint density at radius 3 is 2.50 bits per heavy atom. The van der Waals surface area contributed by atoms with Gasteiger partial charge < -0.3 is 5.32 Å². The molecular weight excluding hydrogens is 204 g/mol. The molecule has 0 heterocycles. The van der Waals surface area contributed by atoms with Gasteiger partial charge in [0.2, 0.25) is 0 Å². The predicted molar refractivity (Wildman–Crippen MR) is 55.4 cm³/mol. The molecule has 0 aliphatic heterocycles. The van der Waals surface area contributed by atoms with Crippen LogP contribution in [0.4, 0.5) is 0 Å². The lowest BCUT2D eigenvalue weighted by Gasteiger charge is -2.07. The summed E-state index contributed by atoms with van der Waals surface area (Å²) >= 11 is 5.67. The molecule has 0 atom stereocenters. The highest BCUT2D eigenvalue weighted by Gasteiger charge is 2.26. The largest absolute Gasteiger partial charge is 0.376 e. The van der Waals surface area contributed by atoms with E-state index < -0.39 is 4.92 Å². The van der Waals surface area contributed by atoms with Crippen molar-refractivity contribution < 1.29 is 4.92 Å². The van der Waals surface area contributed by atoms with Crippen LogP contribution >= 0.6 is 11.6 Å². The molecule has 1 N–H and O–H groups in total. The number of hydrogen-bond donors (Lipinski definition) is 1. The summed E-state index contributed by atoms with van der Waals surface area (Å²) in [7, 11) is 0. The minimum absolute atomic E-state index is 0.128. The number of hydrogen-bond acceptors (Lipinski definition) is 3. The SMILES string of the molecule is C=C/C(=C(/NC1CC1)C(=C)Cl)[N+](=O)[O-]. The number of halogens is 1. The molecule has 0 saturated heterocycles. The summed E-state index contributed by atoms with van der Waals surface area (Å²) in [5.74, 6) is 0. The first kappa shape index (κ1) is 10.8. The summed E-state index contributed by atoms with van der Waals surface area (Å²) in [4.78, 5) is 10.1. The molecule has 0 radical (unpaired) electrons. The van der Waals surface area contributed by atoms with E-state index in [1.165, 1.54) is 0 Å². The van der Waals surface area contributed by atoms with Crippen LogP contribution in [-0.4, -0.2) is 11.0 Å². The average molecular weight is 215 g/mol. The molecule has 5 heteroatoms. The zero-order valence-corrected chi connectivity index (χ0v) is 8.38. The molecule has 76 valence electrons. The summed E-state index contributed by atoms with van der Waals surface area (Å²) in [6.45, 7) is 6.85. The average Bonchev–Trinajstić information content (AvgIpc) is 2.86. The standard InChI is InChI=1S/C9H11ClN2O2/c1-3-8(12(13)14)9(6(2)10)11-7-4-5-7/h3,7,11H,1-2,4-5H2/b9-8-. The summed E-state index contributed by atoms with van der Waals surface area (Å²) in [6, 6.07) is 0.287. The molecule has 0 aromatic heterocycles. The minimum atomic E-state index is -0.523. The molecule has 0 aromatic rings. The van der Waals surface area contributed by atoms with Gasteiger partial charge in [0.05, 0.1) is 9.96 Å². The Labute approximate surface area is 87.1 Å².